The zero-order valence-electron chi connectivity index (χ0n) is 18.8. The number of ether oxygens (including phenoxy) is 1. The summed E-state index contributed by atoms with van der Waals surface area (Å²) < 4.78 is 8.02. The fourth-order valence-corrected chi connectivity index (χ4v) is 4.15. The van der Waals surface area contributed by atoms with E-state index in [2.05, 4.69) is 35.0 Å². The maximum absolute atomic E-state index is 7.96. The molecule has 0 spiro atoms. The average molecular weight is 433 g/mol. The lowest BCUT2D eigenvalue weighted by molar-refractivity contribution is 0.262. The molecule has 0 atom stereocenters. The van der Waals surface area contributed by atoms with Crippen LogP contribution in [0.2, 0.25) is 0 Å². The number of aryl methyl sites for hydroxylation is 1. The summed E-state index contributed by atoms with van der Waals surface area (Å²) in [6.45, 7) is 10.9. The Hall–Kier alpha value is -3.51. The third-order valence-corrected chi connectivity index (χ3v) is 5.84. The van der Waals surface area contributed by atoms with E-state index in [1.807, 2.05) is 43.9 Å². The molecule has 0 bridgehead atoms. The quantitative estimate of drug-likeness (QED) is 0.531. The van der Waals surface area contributed by atoms with Crippen molar-refractivity contribution in [2.45, 2.75) is 18.8 Å². The molecule has 1 fully saturated rings. The van der Waals surface area contributed by atoms with E-state index in [0.717, 1.165) is 55.1 Å². The highest BCUT2D eigenvalue weighted by molar-refractivity contribution is 5.91. The van der Waals surface area contributed by atoms with E-state index in [1.165, 1.54) is 0 Å². The van der Waals surface area contributed by atoms with E-state index in [-0.39, 0.29) is 0 Å². The Labute approximate surface area is 188 Å². The Morgan fingerprint density at radius 1 is 1.16 bits per heavy atom. The molecule has 0 amide bonds. The fourth-order valence-electron chi connectivity index (χ4n) is 4.15. The van der Waals surface area contributed by atoms with Crippen molar-refractivity contribution in [2.75, 3.05) is 45.2 Å². The van der Waals surface area contributed by atoms with E-state index in [1.54, 1.807) is 18.7 Å². The zero-order chi connectivity index (χ0) is 22.5. The molecule has 1 aliphatic rings. The van der Waals surface area contributed by atoms with Crippen LogP contribution in [0.15, 0.2) is 36.9 Å². The molecule has 3 heterocycles. The van der Waals surface area contributed by atoms with Crippen LogP contribution >= 0.6 is 0 Å². The number of benzene rings is 1. The average Bonchev–Trinajstić information content (AvgIpc) is 3.25. The summed E-state index contributed by atoms with van der Waals surface area (Å²) in [5.41, 5.74) is 3.38. The molecule has 0 saturated carbocycles. The molecular formula is C23H28N8O. The molecule has 1 aliphatic heterocycles. The van der Waals surface area contributed by atoms with Gasteiger partial charge in [0.05, 0.1) is 31.3 Å². The highest BCUT2D eigenvalue weighted by Gasteiger charge is 2.28. The number of anilines is 1. The van der Waals surface area contributed by atoms with Crippen molar-refractivity contribution in [3.05, 3.63) is 54.2 Å². The van der Waals surface area contributed by atoms with Crippen LogP contribution in [-0.4, -0.2) is 70.2 Å². The topological polar surface area (TPSA) is 76.6 Å². The highest BCUT2D eigenvalue weighted by Crippen LogP contribution is 2.46. The molecule has 3 aromatic rings. The van der Waals surface area contributed by atoms with Crippen LogP contribution in [0.5, 0.6) is 5.75 Å². The fraction of sp³-hybridized carbons (Fsp3) is 0.435. The number of aromatic nitrogens is 5. The van der Waals surface area contributed by atoms with Crippen LogP contribution in [0.1, 0.15) is 24.6 Å². The van der Waals surface area contributed by atoms with Crippen molar-refractivity contribution in [2.24, 2.45) is 7.05 Å². The number of likely N-dealkylation sites (N-methyl/N-ethyl adjacent to an activating group) is 1. The Balaban J connectivity index is 1.66. The molecule has 0 unspecified atom stereocenters. The maximum atomic E-state index is 7.96. The van der Waals surface area contributed by atoms with Gasteiger partial charge >= 0.3 is 0 Å². The standard InChI is InChI=1S/C23H28N8O/c1-24-21-20(32-14-13-29(2)3)6-5-19(18-7-10-25-26-15-18)22(21)31-11-8-17(9-12-31)23-28-27-16-30(23)4/h5-7,10,15-17H,8-9,11-14H2,2-4H3. The lowest BCUT2D eigenvalue weighted by Gasteiger charge is -2.35. The summed E-state index contributed by atoms with van der Waals surface area (Å²) in [6.07, 6.45) is 7.07. The first-order chi connectivity index (χ1) is 15.6. The zero-order valence-corrected chi connectivity index (χ0v) is 18.8. The summed E-state index contributed by atoms with van der Waals surface area (Å²) >= 11 is 0. The second-order valence-corrected chi connectivity index (χ2v) is 8.26. The van der Waals surface area contributed by atoms with Gasteiger partial charge in [0.2, 0.25) is 0 Å². The van der Waals surface area contributed by atoms with Crippen molar-refractivity contribution < 1.29 is 4.74 Å². The van der Waals surface area contributed by atoms with Gasteiger partial charge in [-0.05, 0) is 44.6 Å². The lowest BCUT2D eigenvalue weighted by Crippen LogP contribution is -2.34. The van der Waals surface area contributed by atoms with Crippen molar-refractivity contribution >= 4 is 11.4 Å². The second kappa shape index (κ2) is 9.75. The SMILES string of the molecule is [C-]#[N+]c1c(OCCN(C)C)ccc(-c2ccnnc2)c1N1CCC(c2nncn2C)CC1. The molecular weight excluding hydrogens is 404 g/mol. The molecule has 9 nitrogen and oxygen atoms in total. The Morgan fingerprint density at radius 2 is 1.97 bits per heavy atom. The van der Waals surface area contributed by atoms with Gasteiger partial charge in [-0.15, -0.1) is 10.2 Å². The Kier molecular flexibility index (Phi) is 6.61. The molecule has 9 heteroatoms. The molecule has 1 saturated heterocycles. The molecule has 32 heavy (non-hydrogen) atoms. The number of hydrogen-bond acceptors (Lipinski definition) is 7. The van der Waals surface area contributed by atoms with Crippen molar-refractivity contribution in [3.63, 3.8) is 0 Å². The monoisotopic (exact) mass is 432 g/mol. The minimum absolute atomic E-state index is 0.362. The third kappa shape index (κ3) is 4.55. The van der Waals surface area contributed by atoms with E-state index in [0.29, 0.717) is 24.0 Å². The van der Waals surface area contributed by atoms with Crippen LogP contribution in [0.25, 0.3) is 16.0 Å². The van der Waals surface area contributed by atoms with E-state index in [9.17, 15) is 0 Å². The smallest absolute Gasteiger partial charge is 0.251 e. The molecule has 2 aromatic heterocycles. The van der Waals surface area contributed by atoms with Gasteiger partial charge in [0.1, 0.15) is 17.9 Å². The number of piperidine rings is 1. The first-order valence-electron chi connectivity index (χ1n) is 10.8. The van der Waals surface area contributed by atoms with Crippen molar-refractivity contribution in [3.8, 4) is 16.9 Å². The van der Waals surface area contributed by atoms with Gasteiger partial charge in [-0.1, -0.05) is 6.07 Å². The normalized spacial score (nSPS) is 14.5. The summed E-state index contributed by atoms with van der Waals surface area (Å²) in [4.78, 5) is 8.28. The number of nitrogens with zero attached hydrogens (tertiary/aromatic N) is 8. The first-order valence-corrected chi connectivity index (χ1v) is 10.8. The van der Waals surface area contributed by atoms with Gasteiger partial charge in [-0.25, -0.2) is 4.85 Å². The van der Waals surface area contributed by atoms with Crippen LogP contribution < -0.4 is 9.64 Å². The van der Waals surface area contributed by atoms with Gasteiger partial charge in [0.15, 0.2) is 0 Å². The maximum Gasteiger partial charge on any atom is 0.251 e. The second-order valence-electron chi connectivity index (χ2n) is 8.26. The van der Waals surface area contributed by atoms with Gasteiger partial charge in [-0.3, -0.25) is 0 Å². The van der Waals surface area contributed by atoms with Crippen LogP contribution in [0.4, 0.5) is 11.4 Å². The highest BCUT2D eigenvalue weighted by atomic mass is 16.5. The predicted molar refractivity (Wildman–Crippen MR) is 123 cm³/mol. The van der Waals surface area contributed by atoms with Gasteiger partial charge < -0.3 is 19.1 Å². The van der Waals surface area contributed by atoms with Gasteiger partial charge in [0, 0.05) is 38.2 Å². The molecule has 166 valence electrons. The van der Waals surface area contributed by atoms with Crippen LogP contribution in [0, 0.1) is 6.57 Å². The minimum Gasteiger partial charge on any atom is -0.503 e. The summed E-state index contributed by atoms with van der Waals surface area (Å²) in [6, 6.07) is 5.85. The largest absolute Gasteiger partial charge is 0.503 e. The van der Waals surface area contributed by atoms with E-state index >= 15 is 0 Å². The van der Waals surface area contributed by atoms with Gasteiger partial charge in [-0.2, -0.15) is 10.2 Å². The Morgan fingerprint density at radius 3 is 2.59 bits per heavy atom. The molecule has 4 rings (SSSR count). The Bertz CT molecular complexity index is 1080. The number of rotatable bonds is 7. The third-order valence-electron chi connectivity index (χ3n) is 5.84. The first kappa shape index (κ1) is 21.7. The van der Waals surface area contributed by atoms with Gasteiger partial charge in [0.25, 0.3) is 5.69 Å². The summed E-state index contributed by atoms with van der Waals surface area (Å²) in [7, 11) is 6.00. The minimum atomic E-state index is 0.362. The predicted octanol–water partition coefficient (Wildman–Crippen LogP) is 3.15. The molecule has 0 radical (unpaired) electrons. The summed E-state index contributed by atoms with van der Waals surface area (Å²) in [5, 5.41) is 16.3. The molecule has 0 N–H and O–H groups in total. The van der Waals surface area contributed by atoms with Crippen molar-refractivity contribution in [1.82, 2.24) is 29.9 Å². The number of hydrogen-bond donors (Lipinski definition) is 0. The van der Waals surface area contributed by atoms with E-state index in [4.69, 9.17) is 11.3 Å². The lowest BCUT2D eigenvalue weighted by atomic mass is 9.94. The molecule has 1 aromatic carbocycles. The molecule has 0 aliphatic carbocycles. The van der Waals surface area contributed by atoms with Crippen molar-refractivity contribution in [1.29, 1.82) is 0 Å². The van der Waals surface area contributed by atoms with E-state index < -0.39 is 0 Å². The van der Waals surface area contributed by atoms with Crippen LogP contribution in [0.3, 0.4) is 0 Å². The summed E-state index contributed by atoms with van der Waals surface area (Å²) in [5.74, 6) is 2.01. The van der Waals surface area contributed by atoms with Crippen LogP contribution in [-0.2, 0) is 7.05 Å².